The maximum Gasteiger partial charge on any atom is 0.251 e. The van der Waals surface area contributed by atoms with Crippen molar-refractivity contribution in [2.45, 2.75) is 38.9 Å². The first-order valence-electron chi connectivity index (χ1n) is 6.97. The van der Waals surface area contributed by atoms with Crippen molar-refractivity contribution >= 4 is 11.9 Å². The summed E-state index contributed by atoms with van der Waals surface area (Å²) >= 11 is 0. The van der Waals surface area contributed by atoms with E-state index in [0.29, 0.717) is 6.54 Å². The lowest BCUT2D eigenvalue weighted by Crippen LogP contribution is -2.38. The third-order valence-corrected chi connectivity index (χ3v) is 2.97. The van der Waals surface area contributed by atoms with Crippen molar-refractivity contribution in [3.05, 3.63) is 0 Å². The highest BCUT2D eigenvalue weighted by Crippen LogP contribution is 2.21. The summed E-state index contributed by atoms with van der Waals surface area (Å²) in [4.78, 5) is 17.8. The van der Waals surface area contributed by atoms with Gasteiger partial charge in [-0.25, -0.2) is 0 Å². The summed E-state index contributed by atoms with van der Waals surface area (Å²) in [7, 11) is 3.51. The van der Waals surface area contributed by atoms with Crippen LogP contribution in [0.15, 0.2) is 4.99 Å². The van der Waals surface area contributed by atoms with Gasteiger partial charge < -0.3 is 20.3 Å². The Morgan fingerprint density at radius 3 is 2.42 bits per heavy atom. The lowest BCUT2D eigenvalue weighted by Gasteiger charge is -2.17. The van der Waals surface area contributed by atoms with Gasteiger partial charge in [0.1, 0.15) is 6.10 Å². The predicted molar refractivity (Wildman–Crippen MR) is 76.2 cm³/mol. The maximum atomic E-state index is 11.8. The van der Waals surface area contributed by atoms with E-state index in [1.165, 1.54) is 0 Å². The minimum atomic E-state index is -0.295. The molecule has 1 heterocycles. The van der Waals surface area contributed by atoms with Gasteiger partial charge in [0.05, 0.1) is 12.6 Å². The molecule has 0 radical (unpaired) electrons. The van der Waals surface area contributed by atoms with Crippen molar-refractivity contribution in [1.82, 2.24) is 15.5 Å². The fourth-order valence-electron chi connectivity index (χ4n) is 2.01. The molecule has 1 amide bonds. The molecule has 0 saturated carbocycles. The van der Waals surface area contributed by atoms with Crippen LogP contribution in [0.1, 0.15) is 26.7 Å². The molecule has 6 nitrogen and oxygen atoms in total. The van der Waals surface area contributed by atoms with E-state index in [0.717, 1.165) is 31.9 Å². The first-order chi connectivity index (χ1) is 9.08. The van der Waals surface area contributed by atoms with Crippen molar-refractivity contribution < 1.29 is 9.53 Å². The number of hydrogen-bond acceptors (Lipinski definition) is 3. The standard InChI is InChI=1S/C13H26N4O2/c1-5-14-13(15-6-2)16-9-10-7-8-11(19-10)12(18)17(3)4/h10-11H,5-9H2,1-4H3,(H2,14,15,16). The Morgan fingerprint density at radius 1 is 1.26 bits per heavy atom. The number of ether oxygens (including phenoxy) is 1. The van der Waals surface area contributed by atoms with E-state index in [9.17, 15) is 4.79 Å². The molecule has 2 unspecified atom stereocenters. The van der Waals surface area contributed by atoms with Gasteiger partial charge in [-0.05, 0) is 26.7 Å². The van der Waals surface area contributed by atoms with Crippen molar-refractivity contribution in [1.29, 1.82) is 0 Å². The largest absolute Gasteiger partial charge is 0.363 e. The van der Waals surface area contributed by atoms with E-state index < -0.39 is 0 Å². The average Bonchev–Trinajstić information content (AvgIpc) is 2.84. The van der Waals surface area contributed by atoms with E-state index in [1.54, 1.807) is 19.0 Å². The second-order valence-electron chi connectivity index (χ2n) is 4.81. The highest BCUT2D eigenvalue weighted by atomic mass is 16.5. The molecule has 0 spiro atoms. The van der Waals surface area contributed by atoms with Crippen LogP contribution in [0.25, 0.3) is 0 Å². The number of likely N-dealkylation sites (N-methyl/N-ethyl adjacent to an activating group) is 1. The Morgan fingerprint density at radius 2 is 1.89 bits per heavy atom. The number of rotatable bonds is 5. The van der Waals surface area contributed by atoms with Gasteiger partial charge in [-0.2, -0.15) is 0 Å². The second-order valence-corrected chi connectivity index (χ2v) is 4.81. The highest BCUT2D eigenvalue weighted by molar-refractivity contribution is 5.81. The molecule has 110 valence electrons. The third-order valence-electron chi connectivity index (χ3n) is 2.97. The lowest BCUT2D eigenvalue weighted by atomic mass is 10.2. The number of carbonyl (C=O) groups excluding carboxylic acids is 1. The average molecular weight is 270 g/mol. The van der Waals surface area contributed by atoms with Gasteiger partial charge in [0.25, 0.3) is 5.91 Å². The van der Waals surface area contributed by atoms with Crippen LogP contribution in [0.4, 0.5) is 0 Å². The summed E-state index contributed by atoms with van der Waals surface area (Å²) in [5.41, 5.74) is 0. The SMILES string of the molecule is CCNC(=NCC1CCC(C(=O)N(C)C)O1)NCC. The molecule has 0 aromatic heterocycles. The molecule has 2 atom stereocenters. The number of nitrogens with zero attached hydrogens (tertiary/aromatic N) is 2. The van der Waals surface area contributed by atoms with Crippen LogP contribution in [-0.2, 0) is 9.53 Å². The molecule has 1 fully saturated rings. The summed E-state index contributed by atoms with van der Waals surface area (Å²) in [6.07, 6.45) is 1.42. The van der Waals surface area contributed by atoms with E-state index in [4.69, 9.17) is 4.74 Å². The molecule has 2 N–H and O–H groups in total. The maximum absolute atomic E-state index is 11.8. The zero-order valence-electron chi connectivity index (χ0n) is 12.4. The lowest BCUT2D eigenvalue weighted by molar-refractivity contribution is -0.140. The van der Waals surface area contributed by atoms with Gasteiger partial charge in [-0.15, -0.1) is 0 Å². The molecular formula is C13H26N4O2. The fourth-order valence-corrected chi connectivity index (χ4v) is 2.01. The Bertz CT molecular complexity index is 310. The number of hydrogen-bond donors (Lipinski definition) is 2. The van der Waals surface area contributed by atoms with Crippen LogP contribution in [-0.4, -0.2) is 62.7 Å². The number of guanidine groups is 1. The van der Waals surface area contributed by atoms with Crippen molar-refractivity contribution in [2.75, 3.05) is 33.7 Å². The quantitative estimate of drug-likeness (QED) is 0.553. The summed E-state index contributed by atoms with van der Waals surface area (Å²) < 4.78 is 5.74. The van der Waals surface area contributed by atoms with Crippen molar-refractivity contribution in [2.24, 2.45) is 4.99 Å². The van der Waals surface area contributed by atoms with Gasteiger partial charge in [0.2, 0.25) is 0 Å². The van der Waals surface area contributed by atoms with Crippen LogP contribution in [0.5, 0.6) is 0 Å². The molecule has 1 saturated heterocycles. The number of aliphatic imine (C=N–C) groups is 1. The molecule has 1 rings (SSSR count). The summed E-state index contributed by atoms with van der Waals surface area (Å²) in [5.74, 6) is 0.848. The van der Waals surface area contributed by atoms with E-state index in [-0.39, 0.29) is 18.1 Å². The zero-order valence-corrected chi connectivity index (χ0v) is 12.4. The molecule has 0 aliphatic carbocycles. The van der Waals surface area contributed by atoms with E-state index in [2.05, 4.69) is 15.6 Å². The second kappa shape index (κ2) is 7.99. The Balaban J connectivity index is 2.42. The Kier molecular flexibility index (Phi) is 6.62. The Labute approximate surface area is 115 Å². The smallest absolute Gasteiger partial charge is 0.251 e. The van der Waals surface area contributed by atoms with E-state index >= 15 is 0 Å². The minimum Gasteiger partial charge on any atom is -0.363 e. The summed E-state index contributed by atoms with van der Waals surface area (Å²) in [6.45, 7) is 6.32. The molecule has 19 heavy (non-hydrogen) atoms. The molecule has 0 bridgehead atoms. The van der Waals surface area contributed by atoms with Crippen LogP contribution in [0, 0.1) is 0 Å². The number of nitrogens with one attached hydrogen (secondary N) is 2. The first kappa shape index (κ1) is 15.8. The van der Waals surface area contributed by atoms with Gasteiger partial charge in [-0.1, -0.05) is 0 Å². The van der Waals surface area contributed by atoms with E-state index in [1.807, 2.05) is 13.8 Å². The topological polar surface area (TPSA) is 66.0 Å². The molecule has 6 heteroatoms. The fraction of sp³-hybridized carbons (Fsp3) is 0.846. The predicted octanol–water partition coefficient (Wildman–Crippen LogP) is 0.197. The van der Waals surface area contributed by atoms with Crippen molar-refractivity contribution in [3.63, 3.8) is 0 Å². The Hall–Kier alpha value is -1.30. The summed E-state index contributed by atoms with van der Waals surface area (Å²) in [5, 5.41) is 6.34. The summed E-state index contributed by atoms with van der Waals surface area (Å²) in [6, 6.07) is 0. The van der Waals surface area contributed by atoms with Crippen LogP contribution in [0.2, 0.25) is 0 Å². The van der Waals surface area contributed by atoms with Crippen molar-refractivity contribution in [3.8, 4) is 0 Å². The first-order valence-corrected chi connectivity index (χ1v) is 6.97. The monoisotopic (exact) mass is 270 g/mol. The third kappa shape index (κ3) is 5.06. The van der Waals surface area contributed by atoms with Gasteiger partial charge in [0, 0.05) is 27.2 Å². The molecule has 0 aromatic carbocycles. The van der Waals surface area contributed by atoms with Crippen LogP contribution >= 0.6 is 0 Å². The number of carbonyl (C=O) groups is 1. The molecule has 1 aliphatic rings. The highest BCUT2D eigenvalue weighted by Gasteiger charge is 2.31. The van der Waals surface area contributed by atoms with Gasteiger partial charge in [0.15, 0.2) is 5.96 Å². The van der Waals surface area contributed by atoms with Gasteiger partial charge >= 0.3 is 0 Å². The normalized spacial score (nSPS) is 21.9. The molecule has 0 aromatic rings. The van der Waals surface area contributed by atoms with Gasteiger partial charge in [-0.3, -0.25) is 9.79 Å². The molecule has 1 aliphatic heterocycles. The zero-order chi connectivity index (χ0) is 14.3. The van der Waals surface area contributed by atoms with Crippen LogP contribution < -0.4 is 10.6 Å². The minimum absolute atomic E-state index is 0.0428. The number of amides is 1. The van der Waals surface area contributed by atoms with Crippen LogP contribution in [0.3, 0.4) is 0 Å². The molecular weight excluding hydrogens is 244 g/mol.